The maximum atomic E-state index is 6.58. The van der Waals surface area contributed by atoms with E-state index in [1.807, 2.05) is 30.3 Å². The summed E-state index contributed by atoms with van der Waals surface area (Å²) in [7, 11) is 0. The van der Waals surface area contributed by atoms with Crippen LogP contribution in [0.25, 0.3) is 106 Å². The fourth-order valence-electron chi connectivity index (χ4n) is 9.39. The molecule has 0 atom stereocenters. The number of hydrogen-bond acceptors (Lipinski definition) is 4. The largest absolute Gasteiger partial charge is 0.456 e. The second-order valence-corrected chi connectivity index (χ2v) is 16.0. The molecule has 5 heteroatoms. The van der Waals surface area contributed by atoms with Gasteiger partial charge in [0.1, 0.15) is 11.2 Å². The Morgan fingerprint density at radius 1 is 0.407 bits per heavy atom. The van der Waals surface area contributed by atoms with Gasteiger partial charge in [0.2, 0.25) is 0 Å². The molecule has 5 nitrogen and oxygen atoms in total. The van der Waals surface area contributed by atoms with Crippen molar-refractivity contribution in [2.24, 2.45) is 0 Å². The van der Waals surface area contributed by atoms with E-state index in [4.69, 9.17) is 19.4 Å². The van der Waals surface area contributed by atoms with Crippen molar-refractivity contribution >= 4 is 43.7 Å². The molecule has 1 aliphatic rings. The van der Waals surface area contributed by atoms with E-state index < -0.39 is 0 Å². The van der Waals surface area contributed by atoms with Crippen molar-refractivity contribution in [3.8, 4) is 62.1 Å². The molecule has 0 saturated carbocycles. The van der Waals surface area contributed by atoms with Gasteiger partial charge >= 0.3 is 0 Å². The summed E-state index contributed by atoms with van der Waals surface area (Å²) >= 11 is 0. The van der Waals surface area contributed by atoms with Gasteiger partial charge in [-0.15, -0.1) is 0 Å². The summed E-state index contributed by atoms with van der Waals surface area (Å²) in [6.45, 7) is 4.60. The van der Waals surface area contributed by atoms with E-state index in [0.29, 0.717) is 17.5 Å². The summed E-state index contributed by atoms with van der Waals surface area (Å²) in [5, 5.41) is 4.39. The van der Waals surface area contributed by atoms with Gasteiger partial charge in [-0.05, 0) is 81.9 Å². The quantitative estimate of drug-likeness (QED) is 0.175. The first-order valence-electron chi connectivity index (χ1n) is 20.1. The Bertz CT molecular complexity index is 3470. The van der Waals surface area contributed by atoms with E-state index in [1.54, 1.807) is 0 Å². The van der Waals surface area contributed by atoms with Crippen molar-refractivity contribution in [3.05, 3.63) is 193 Å². The van der Waals surface area contributed by atoms with Crippen LogP contribution in [0.4, 0.5) is 0 Å². The number of para-hydroxylation sites is 1. The summed E-state index contributed by atoms with van der Waals surface area (Å²) in [5.41, 5.74) is 15.1. The zero-order chi connectivity index (χ0) is 39.2. The summed E-state index contributed by atoms with van der Waals surface area (Å²) in [6, 6.07) is 64.2. The van der Waals surface area contributed by atoms with Crippen LogP contribution >= 0.6 is 0 Å². The molecular formula is C54H36N4O. The Balaban J connectivity index is 1.05. The van der Waals surface area contributed by atoms with Crippen LogP contribution in [0.3, 0.4) is 0 Å². The lowest BCUT2D eigenvalue weighted by Gasteiger charge is -2.21. The average molecular weight is 757 g/mol. The van der Waals surface area contributed by atoms with Crippen molar-refractivity contribution in [1.82, 2.24) is 19.5 Å². The minimum Gasteiger partial charge on any atom is -0.456 e. The Hall–Kier alpha value is -7.63. The molecule has 0 saturated heterocycles. The van der Waals surface area contributed by atoms with Gasteiger partial charge in [0, 0.05) is 49.3 Å². The maximum Gasteiger partial charge on any atom is 0.164 e. The second-order valence-electron chi connectivity index (χ2n) is 16.0. The fourth-order valence-corrected chi connectivity index (χ4v) is 9.39. The highest BCUT2D eigenvalue weighted by molar-refractivity contribution is 6.14. The molecule has 11 aromatic rings. The van der Waals surface area contributed by atoms with Crippen LogP contribution in [-0.2, 0) is 5.41 Å². The van der Waals surface area contributed by atoms with Gasteiger partial charge in [-0.2, -0.15) is 0 Å². The van der Waals surface area contributed by atoms with Crippen molar-refractivity contribution < 1.29 is 4.42 Å². The summed E-state index contributed by atoms with van der Waals surface area (Å²) < 4.78 is 8.94. The average Bonchev–Trinajstić information content (AvgIpc) is 3.91. The summed E-state index contributed by atoms with van der Waals surface area (Å²) in [6.07, 6.45) is 0. The van der Waals surface area contributed by atoms with Crippen molar-refractivity contribution in [3.63, 3.8) is 0 Å². The normalized spacial score (nSPS) is 13.1. The number of fused-ring (bicyclic) bond motifs is 9. The van der Waals surface area contributed by atoms with Crippen LogP contribution in [-0.4, -0.2) is 19.5 Å². The first kappa shape index (κ1) is 33.5. The van der Waals surface area contributed by atoms with Crippen molar-refractivity contribution in [1.29, 1.82) is 0 Å². The predicted molar refractivity (Wildman–Crippen MR) is 241 cm³/mol. The van der Waals surface area contributed by atoms with E-state index in [0.717, 1.165) is 55.3 Å². The topological polar surface area (TPSA) is 56.7 Å². The van der Waals surface area contributed by atoms with Gasteiger partial charge in [-0.1, -0.05) is 147 Å². The maximum absolute atomic E-state index is 6.58. The molecule has 0 radical (unpaired) electrons. The predicted octanol–water partition coefficient (Wildman–Crippen LogP) is 13.8. The third-order valence-corrected chi connectivity index (χ3v) is 12.3. The molecule has 1 aliphatic carbocycles. The number of nitrogens with zero attached hydrogens (tertiary/aromatic N) is 4. The van der Waals surface area contributed by atoms with Crippen LogP contribution in [0.15, 0.2) is 186 Å². The highest BCUT2D eigenvalue weighted by atomic mass is 16.3. The SMILES string of the molecule is CC1(C)c2ccccc2-c2ccc(-c3nc(-c4ccccc4)nc(-c4cccc5oc6ccc(-n7c8ccccc8c8cc(-c9ccccc9)ccc87)cc6c45)n3)cc21. The lowest BCUT2D eigenvalue weighted by molar-refractivity contribution is 0.660. The van der Waals surface area contributed by atoms with Gasteiger partial charge in [0.15, 0.2) is 17.5 Å². The van der Waals surface area contributed by atoms with Gasteiger partial charge in [-0.3, -0.25) is 0 Å². The summed E-state index contributed by atoms with van der Waals surface area (Å²) in [5.74, 6) is 1.86. The van der Waals surface area contributed by atoms with E-state index in [1.165, 1.54) is 44.2 Å². The third kappa shape index (κ3) is 5.14. The first-order valence-corrected chi connectivity index (χ1v) is 20.1. The highest BCUT2D eigenvalue weighted by Gasteiger charge is 2.35. The minimum atomic E-state index is -0.153. The monoisotopic (exact) mass is 756 g/mol. The van der Waals surface area contributed by atoms with Gasteiger partial charge < -0.3 is 8.98 Å². The lowest BCUT2D eigenvalue weighted by Crippen LogP contribution is -2.15. The van der Waals surface area contributed by atoms with Gasteiger partial charge in [0.25, 0.3) is 0 Å². The van der Waals surface area contributed by atoms with Crippen LogP contribution in [0.5, 0.6) is 0 Å². The zero-order valence-electron chi connectivity index (χ0n) is 32.5. The molecule has 12 rings (SSSR count). The standard InChI is InChI=1S/C54H36N4O/c1-54(2)44-21-11-9-18-38(44)39-27-24-36(31-45(39)54)52-55-51(34-16-7-4-8-17-34)56-53(57-52)41-20-13-23-49-50(41)43-32-37(26-29-48(43)59-49)58-46-22-12-10-19-40(46)42-30-35(25-28-47(42)58)33-14-5-3-6-15-33/h3-32H,1-2H3. The smallest absolute Gasteiger partial charge is 0.164 e. The number of aromatic nitrogens is 4. The Morgan fingerprint density at radius 2 is 1.07 bits per heavy atom. The zero-order valence-corrected chi connectivity index (χ0v) is 32.5. The van der Waals surface area contributed by atoms with E-state index in [9.17, 15) is 0 Å². The first-order chi connectivity index (χ1) is 29.0. The number of rotatable bonds is 5. The van der Waals surface area contributed by atoms with E-state index in [-0.39, 0.29) is 5.41 Å². The molecular weight excluding hydrogens is 721 g/mol. The third-order valence-electron chi connectivity index (χ3n) is 12.3. The Kier molecular flexibility index (Phi) is 7.20. The van der Waals surface area contributed by atoms with Gasteiger partial charge in [-0.25, -0.2) is 15.0 Å². The number of furan rings is 1. The van der Waals surface area contributed by atoms with Crippen molar-refractivity contribution in [2.75, 3.05) is 0 Å². The minimum absolute atomic E-state index is 0.153. The van der Waals surface area contributed by atoms with Crippen LogP contribution in [0.2, 0.25) is 0 Å². The van der Waals surface area contributed by atoms with Crippen LogP contribution in [0, 0.1) is 0 Å². The molecule has 8 aromatic carbocycles. The second kappa shape index (κ2) is 12.7. The molecule has 0 aliphatic heterocycles. The molecule has 3 aromatic heterocycles. The van der Waals surface area contributed by atoms with Crippen molar-refractivity contribution in [2.45, 2.75) is 19.3 Å². The fraction of sp³-hybridized carbons (Fsp3) is 0.0556. The van der Waals surface area contributed by atoms with Crippen LogP contribution in [0.1, 0.15) is 25.0 Å². The molecule has 278 valence electrons. The van der Waals surface area contributed by atoms with E-state index in [2.05, 4.69) is 170 Å². The molecule has 0 unspecified atom stereocenters. The molecule has 0 bridgehead atoms. The molecule has 3 heterocycles. The lowest BCUT2D eigenvalue weighted by atomic mass is 9.82. The number of benzene rings is 8. The molecule has 0 amide bonds. The van der Waals surface area contributed by atoms with E-state index >= 15 is 0 Å². The summed E-state index contributed by atoms with van der Waals surface area (Å²) in [4.78, 5) is 15.6. The van der Waals surface area contributed by atoms with Crippen LogP contribution < -0.4 is 0 Å². The molecule has 0 spiro atoms. The highest BCUT2D eigenvalue weighted by Crippen LogP contribution is 2.49. The molecule has 59 heavy (non-hydrogen) atoms. The Labute approximate surface area is 340 Å². The molecule has 0 fully saturated rings. The molecule has 0 N–H and O–H groups in total. The Morgan fingerprint density at radius 3 is 1.92 bits per heavy atom. The number of hydrogen-bond donors (Lipinski definition) is 0. The van der Waals surface area contributed by atoms with Gasteiger partial charge in [0.05, 0.1) is 11.0 Å².